The van der Waals surface area contributed by atoms with E-state index in [2.05, 4.69) is 19.2 Å². The maximum atomic E-state index is 12.2. The highest BCUT2D eigenvalue weighted by molar-refractivity contribution is 6.00. The smallest absolute Gasteiger partial charge is 0.349 e. The number of carbonyl (C=O) groups is 2. The predicted octanol–water partition coefficient (Wildman–Crippen LogP) is 4.60. The predicted molar refractivity (Wildman–Crippen MR) is 110 cm³/mol. The number of para-hydroxylation sites is 1. The molecule has 0 bridgehead atoms. The monoisotopic (exact) mass is 376 g/mol. The molecule has 1 atom stereocenters. The zero-order valence-electron chi connectivity index (χ0n) is 16.4. The molecule has 0 aliphatic rings. The third-order valence-corrected chi connectivity index (χ3v) is 4.44. The topological polar surface area (TPSA) is 79.2 Å². The summed E-state index contributed by atoms with van der Waals surface area (Å²) in [6, 6.07) is 16.7. The van der Waals surface area contributed by atoms with E-state index < -0.39 is 18.5 Å². The highest BCUT2D eigenvalue weighted by Crippen LogP contribution is 2.26. The number of rotatable bonds is 7. The Morgan fingerprint density at radius 2 is 1.86 bits per heavy atom. The van der Waals surface area contributed by atoms with Gasteiger partial charge in [-0.05, 0) is 42.5 Å². The Kier molecular flexibility index (Phi) is 7.53. The Bertz CT molecular complexity index is 908. The van der Waals surface area contributed by atoms with Crippen molar-refractivity contribution in [3.05, 3.63) is 70.8 Å². The third-order valence-electron chi connectivity index (χ3n) is 4.44. The van der Waals surface area contributed by atoms with Gasteiger partial charge >= 0.3 is 5.97 Å². The minimum Gasteiger partial charge on any atom is -0.451 e. The van der Waals surface area contributed by atoms with Crippen LogP contribution in [0.15, 0.2) is 54.1 Å². The number of ether oxygens (including phenoxy) is 1. The lowest BCUT2D eigenvalue weighted by Gasteiger charge is -2.15. The fourth-order valence-electron chi connectivity index (χ4n) is 2.62. The zero-order chi connectivity index (χ0) is 20.5. The first-order valence-electron chi connectivity index (χ1n) is 9.19. The molecule has 2 aromatic carbocycles. The molecule has 0 fully saturated rings. The van der Waals surface area contributed by atoms with E-state index in [1.807, 2.05) is 49.4 Å². The van der Waals surface area contributed by atoms with Gasteiger partial charge in [0.15, 0.2) is 6.61 Å². The zero-order valence-corrected chi connectivity index (χ0v) is 16.4. The van der Waals surface area contributed by atoms with Crippen LogP contribution in [0, 0.1) is 18.3 Å². The first kappa shape index (κ1) is 20.9. The molecular formula is C23H24N2O3. The van der Waals surface area contributed by atoms with Gasteiger partial charge in [0.25, 0.3) is 5.91 Å². The summed E-state index contributed by atoms with van der Waals surface area (Å²) >= 11 is 0. The van der Waals surface area contributed by atoms with Gasteiger partial charge in [0.2, 0.25) is 0 Å². The molecule has 0 unspecified atom stereocenters. The molecule has 0 saturated heterocycles. The van der Waals surface area contributed by atoms with E-state index in [9.17, 15) is 14.9 Å². The first-order valence-corrected chi connectivity index (χ1v) is 9.19. The van der Waals surface area contributed by atoms with E-state index in [0.717, 1.165) is 17.5 Å². The summed E-state index contributed by atoms with van der Waals surface area (Å²) in [5.74, 6) is -0.980. The summed E-state index contributed by atoms with van der Waals surface area (Å²) < 4.78 is 5.01. The standard InChI is InChI=1S/C23H24N2O3/c1-4-17(3)20-7-5-6-8-21(20)25-22(26)15-28-23(27)19(14-24)13-18-11-9-16(2)10-12-18/h5-13,17H,4,15H2,1-3H3,(H,25,26)/b19-13+/t17-/m1/s1. The van der Waals surface area contributed by atoms with Gasteiger partial charge in [-0.15, -0.1) is 0 Å². The number of hydrogen-bond donors (Lipinski definition) is 1. The van der Waals surface area contributed by atoms with Crippen LogP contribution in [-0.2, 0) is 14.3 Å². The fourth-order valence-corrected chi connectivity index (χ4v) is 2.62. The summed E-state index contributed by atoms with van der Waals surface area (Å²) in [7, 11) is 0. The second kappa shape index (κ2) is 10.1. The molecule has 0 spiro atoms. The van der Waals surface area contributed by atoms with Crippen LogP contribution in [0.2, 0.25) is 0 Å². The molecule has 0 aliphatic carbocycles. The van der Waals surface area contributed by atoms with Crippen LogP contribution in [0.25, 0.3) is 6.08 Å². The molecule has 0 heterocycles. The number of amides is 1. The second-order valence-corrected chi connectivity index (χ2v) is 6.60. The lowest BCUT2D eigenvalue weighted by Crippen LogP contribution is -2.22. The van der Waals surface area contributed by atoms with E-state index in [0.29, 0.717) is 17.2 Å². The quantitative estimate of drug-likeness (QED) is 0.435. The number of benzene rings is 2. The van der Waals surface area contributed by atoms with Gasteiger partial charge < -0.3 is 10.1 Å². The number of carbonyl (C=O) groups excluding carboxylic acids is 2. The van der Waals surface area contributed by atoms with Crippen LogP contribution in [0.1, 0.15) is 42.9 Å². The number of nitrogens with one attached hydrogen (secondary N) is 1. The van der Waals surface area contributed by atoms with Crippen molar-refractivity contribution in [2.75, 3.05) is 11.9 Å². The van der Waals surface area contributed by atoms with Crippen molar-refractivity contribution in [2.24, 2.45) is 0 Å². The van der Waals surface area contributed by atoms with Crippen molar-refractivity contribution in [3.8, 4) is 6.07 Å². The summed E-state index contributed by atoms with van der Waals surface area (Å²) in [5, 5.41) is 12.0. The number of anilines is 1. The number of nitrogens with zero attached hydrogens (tertiary/aromatic N) is 1. The van der Waals surface area contributed by atoms with Crippen LogP contribution in [0.4, 0.5) is 5.69 Å². The van der Waals surface area contributed by atoms with Crippen molar-refractivity contribution in [3.63, 3.8) is 0 Å². The Morgan fingerprint density at radius 3 is 2.50 bits per heavy atom. The highest BCUT2D eigenvalue weighted by atomic mass is 16.5. The van der Waals surface area contributed by atoms with Crippen LogP contribution >= 0.6 is 0 Å². The largest absolute Gasteiger partial charge is 0.451 e. The summed E-state index contributed by atoms with van der Waals surface area (Å²) in [4.78, 5) is 24.3. The second-order valence-electron chi connectivity index (χ2n) is 6.60. The molecule has 5 heteroatoms. The molecule has 0 aromatic heterocycles. The molecule has 1 amide bonds. The Balaban J connectivity index is 1.99. The van der Waals surface area contributed by atoms with Crippen LogP contribution in [0.5, 0.6) is 0 Å². The normalized spacial score (nSPS) is 12.0. The Hall–Kier alpha value is -3.39. The molecule has 28 heavy (non-hydrogen) atoms. The van der Waals surface area contributed by atoms with Gasteiger partial charge in [-0.1, -0.05) is 61.9 Å². The van der Waals surface area contributed by atoms with E-state index in [-0.39, 0.29) is 5.57 Å². The summed E-state index contributed by atoms with van der Waals surface area (Å²) in [6.45, 7) is 5.65. The van der Waals surface area contributed by atoms with E-state index in [1.54, 1.807) is 12.1 Å². The summed E-state index contributed by atoms with van der Waals surface area (Å²) in [6.07, 6.45) is 2.38. The van der Waals surface area contributed by atoms with Gasteiger partial charge in [0.1, 0.15) is 11.6 Å². The van der Waals surface area contributed by atoms with Gasteiger partial charge in [-0.2, -0.15) is 5.26 Å². The minimum atomic E-state index is -0.826. The van der Waals surface area contributed by atoms with Gasteiger partial charge in [-0.25, -0.2) is 4.79 Å². The lowest BCUT2D eigenvalue weighted by atomic mass is 9.97. The number of esters is 1. The van der Waals surface area contributed by atoms with Gasteiger partial charge in [-0.3, -0.25) is 4.79 Å². The highest BCUT2D eigenvalue weighted by Gasteiger charge is 2.15. The molecular weight excluding hydrogens is 352 g/mol. The lowest BCUT2D eigenvalue weighted by molar-refractivity contribution is -0.142. The number of aryl methyl sites for hydroxylation is 1. The van der Waals surface area contributed by atoms with Crippen LogP contribution < -0.4 is 5.32 Å². The Morgan fingerprint density at radius 1 is 1.18 bits per heavy atom. The molecule has 2 aromatic rings. The molecule has 0 saturated carbocycles. The van der Waals surface area contributed by atoms with Crippen LogP contribution in [-0.4, -0.2) is 18.5 Å². The fraction of sp³-hybridized carbons (Fsp3) is 0.261. The van der Waals surface area contributed by atoms with Crippen molar-refractivity contribution in [1.82, 2.24) is 0 Å². The molecule has 5 nitrogen and oxygen atoms in total. The minimum absolute atomic E-state index is 0.156. The first-order chi connectivity index (χ1) is 13.4. The summed E-state index contributed by atoms with van der Waals surface area (Å²) in [5.41, 5.74) is 3.37. The van der Waals surface area contributed by atoms with Gasteiger partial charge in [0, 0.05) is 5.69 Å². The van der Waals surface area contributed by atoms with Crippen molar-refractivity contribution in [2.45, 2.75) is 33.1 Å². The van der Waals surface area contributed by atoms with Crippen molar-refractivity contribution < 1.29 is 14.3 Å². The maximum Gasteiger partial charge on any atom is 0.349 e. The van der Waals surface area contributed by atoms with Crippen LogP contribution in [0.3, 0.4) is 0 Å². The molecule has 2 rings (SSSR count). The average Bonchev–Trinajstić information content (AvgIpc) is 2.71. The van der Waals surface area contributed by atoms with Gasteiger partial charge in [0.05, 0.1) is 0 Å². The molecule has 0 radical (unpaired) electrons. The van der Waals surface area contributed by atoms with E-state index in [1.165, 1.54) is 6.08 Å². The average molecular weight is 376 g/mol. The maximum absolute atomic E-state index is 12.2. The van der Waals surface area contributed by atoms with E-state index >= 15 is 0 Å². The number of nitriles is 1. The molecule has 144 valence electrons. The Labute approximate surface area is 165 Å². The van der Waals surface area contributed by atoms with Crippen molar-refractivity contribution >= 4 is 23.6 Å². The molecule has 0 aliphatic heterocycles. The SMILES string of the molecule is CC[C@@H](C)c1ccccc1NC(=O)COC(=O)/C(C#N)=C/c1ccc(C)cc1. The van der Waals surface area contributed by atoms with E-state index in [4.69, 9.17) is 4.74 Å². The number of hydrogen-bond acceptors (Lipinski definition) is 4. The van der Waals surface area contributed by atoms with Crippen molar-refractivity contribution in [1.29, 1.82) is 5.26 Å². The third kappa shape index (κ3) is 5.82. The molecule has 1 N–H and O–H groups in total.